The number of hydrogen-bond acceptors (Lipinski definition) is 1. The number of allylic oxidation sites excluding steroid dienone is 2. The minimum absolute atomic E-state index is 0.458. The van der Waals surface area contributed by atoms with Crippen molar-refractivity contribution in [1.82, 2.24) is 5.32 Å². The Morgan fingerprint density at radius 1 is 1.20 bits per heavy atom. The van der Waals surface area contributed by atoms with Gasteiger partial charge in [-0.1, -0.05) is 31.4 Å². The molecule has 2 aliphatic carbocycles. The lowest BCUT2D eigenvalue weighted by molar-refractivity contribution is 0.237. The van der Waals surface area contributed by atoms with Crippen molar-refractivity contribution < 1.29 is 0 Å². The van der Waals surface area contributed by atoms with E-state index in [4.69, 9.17) is 0 Å². The summed E-state index contributed by atoms with van der Waals surface area (Å²) in [6.07, 6.45) is 15.7. The van der Waals surface area contributed by atoms with Crippen LogP contribution in [0.4, 0.5) is 0 Å². The summed E-state index contributed by atoms with van der Waals surface area (Å²) in [6.45, 7) is 3.66. The zero-order chi connectivity index (χ0) is 10.6. The Kier molecular flexibility index (Phi) is 3.85. The lowest BCUT2D eigenvalue weighted by Gasteiger charge is -2.36. The topological polar surface area (TPSA) is 12.0 Å². The first-order chi connectivity index (χ1) is 7.29. The van der Waals surface area contributed by atoms with Gasteiger partial charge in [-0.2, -0.15) is 0 Å². The highest BCUT2D eigenvalue weighted by atomic mass is 15.0. The number of rotatable bonds is 3. The van der Waals surface area contributed by atoms with Crippen LogP contribution in [0.5, 0.6) is 0 Å². The van der Waals surface area contributed by atoms with E-state index in [-0.39, 0.29) is 0 Å². The Morgan fingerprint density at radius 3 is 2.67 bits per heavy atom. The van der Waals surface area contributed by atoms with Gasteiger partial charge < -0.3 is 5.32 Å². The molecule has 0 radical (unpaired) electrons. The molecule has 2 rings (SSSR count). The summed E-state index contributed by atoms with van der Waals surface area (Å²) in [6, 6.07) is 0. The molecule has 1 atom stereocenters. The Balaban J connectivity index is 1.73. The van der Waals surface area contributed by atoms with Gasteiger partial charge in [0.15, 0.2) is 0 Å². The molecule has 0 heterocycles. The van der Waals surface area contributed by atoms with Gasteiger partial charge in [-0.25, -0.2) is 0 Å². The monoisotopic (exact) mass is 207 g/mol. The smallest absolute Gasteiger partial charge is 0.0153 e. The van der Waals surface area contributed by atoms with Crippen molar-refractivity contribution in [2.45, 2.75) is 63.8 Å². The molecular weight excluding hydrogens is 182 g/mol. The molecule has 1 nitrogen and oxygen atoms in total. The van der Waals surface area contributed by atoms with Gasteiger partial charge in [0.2, 0.25) is 0 Å². The second-order valence-corrected chi connectivity index (χ2v) is 5.65. The summed E-state index contributed by atoms with van der Waals surface area (Å²) in [5.41, 5.74) is 0.458. The molecule has 1 fully saturated rings. The van der Waals surface area contributed by atoms with Gasteiger partial charge in [-0.15, -0.1) is 0 Å². The maximum Gasteiger partial charge on any atom is 0.0153 e. The maximum absolute atomic E-state index is 3.83. The SMILES string of the molecule is CC1(NC[C@@H]2CC=CCC2)CCCCC1. The largest absolute Gasteiger partial charge is 0.311 e. The minimum atomic E-state index is 0.458. The van der Waals surface area contributed by atoms with Gasteiger partial charge in [0.05, 0.1) is 0 Å². The molecule has 0 spiro atoms. The van der Waals surface area contributed by atoms with E-state index in [2.05, 4.69) is 24.4 Å². The lowest BCUT2D eigenvalue weighted by Crippen LogP contribution is -2.46. The van der Waals surface area contributed by atoms with Crippen LogP contribution in [0.1, 0.15) is 58.3 Å². The molecule has 1 N–H and O–H groups in total. The van der Waals surface area contributed by atoms with E-state index in [9.17, 15) is 0 Å². The third-order valence-corrected chi connectivity index (χ3v) is 4.15. The third-order valence-electron chi connectivity index (χ3n) is 4.15. The molecule has 86 valence electrons. The van der Waals surface area contributed by atoms with Crippen molar-refractivity contribution in [3.05, 3.63) is 12.2 Å². The zero-order valence-electron chi connectivity index (χ0n) is 10.1. The molecule has 0 bridgehead atoms. The predicted molar refractivity (Wildman–Crippen MR) is 66.0 cm³/mol. The molecule has 0 aromatic carbocycles. The van der Waals surface area contributed by atoms with Crippen LogP contribution in [0, 0.1) is 5.92 Å². The molecule has 1 saturated carbocycles. The van der Waals surface area contributed by atoms with Crippen LogP contribution < -0.4 is 5.32 Å². The second-order valence-electron chi connectivity index (χ2n) is 5.65. The fourth-order valence-electron chi connectivity index (χ4n) is 2.94. The van der Waals surface area contributed by atoms with Crippen molar-refractivity contribution in [3.8, 4) is 0 Å². The highest BCUT2D eigenvalue weighted by Gasteiger charge is 2.26. The van der Waals surface area contributed by atoms with E-state index in [1.54, 1.807) is 0 Å². The van der Waals surface area contributed by atoms with Gasteiger partial charge in [0.1, 0.15) is 0 Å². The Bertz CT molecular complexity index is 213. The van der Waals surface area contributed by atoms with E-state index in [1.165, 1.54) is 57.9 Å². The second kappa shape index (κ2) is 5.16. The molecule has 15 heavy (non-hydrogen) atoms. The molecule has 0 amide bonds. The van der Waals surface area contributed by atoms with Crippen LogP contribution in [-0.4, -0.2) is 12.1 Å². The van der Waals surface area contributed by atoms with E-state index in [0.29, 0.717) is 5.54 Å². The molecule has 0 aliphatic heterocycles. The van der Waals surface area contributed by atoms with Crippen LogP contribution in [0.2, 0.25) is 0 Å². The van der Waals surface area contributed by atoms with Crippen LogP contribution in [0.25, 0.3) is 0 Å². The molecule has 1 heteroatoms. The number of hydrogen-bond donors (Lipinski definition) is 1. The highest BCUT2D eigenvalue weighted by Crippen LogP contribution is 2.28. The molecule has 0 unspecified atom stereocenters. The van der Waals surface area contributed by atoms with Gasteiger partial charge in [0, 0.05) is 5.54 Å². The molecule has 0 aromatic rings. The predicted octanol–water partition coefficient (Wildman–Crippen LogP) is 3.66. The van der Waals surface area contributed by atoms with Crippen molar-refractivity contribution in [1.29, 1.82) is 0 Å². The quantitative estimate of drug-likeness (QED) is 0.696. The summed E-state index contributed by atoms with van der Waals surface area (Å²) in [5, 5.41) is 3.83. The van der Waals surface area contributed by atoms with E-state index in [1.807, 2.05) is 0 Å². The molecule has 2 aliphatic rings. The lowest BCUT2D eigenvalue weighted by atomic mass is 9.82. The van der Waals surface area contributed by atoms with E-state index in [0.717, 1.165) is 5.92 Å². The van der Waals surface area contributed by atoms with Crippen molar-refractivity contribution in [3.63, 3.8) is 0 Å². The van der Waals surface area contributed by atoms with E-state index >= 15 is 0 Å². The highest BCUT2D eigenvalue weighted by molar-refractivity contribution is 4.93. The fourth-order valence-corrected chi connectivity index (χ4v) is 2.94. The summed E-state index contributed by atoms with van der Waals surface area (Å²) < 4.78 is 0. The van der Waals surface area contributed by atoms with Gasteiger partial charge in [-0.3, -0.25) is 0 Å². The Morgan fingerprint density at radius 2 is 2.00 bits per heavy atom. The van der Waals surface area contributed by atoms with Crippen molar-refractivity contribution in [2.75, 3.05) is 6.54 Å². The van der Waals surface area contributed by atoms with Gasteiger partial charge in [-0.05, 0) is 51.5 Å². The summed E-state index contributed by atoms with van der Waals surface area (Å²) in [4.78, 5) is 0. The average Bonchev–Trinajstić information content (AvgIpc) is 2.29. The fraction of sp³-hybridized carbons (Fsp3) is 0.857. The summed E-state index contributed by atoms with van der Waals surface area (Å²) in [7, 11) is 0. The average molecular weight is 207 g/mol. The zero-order valence-corrected chi connectivity index (χ0v) is 10.1. The Hall–Kier alpha value is -0.300. The van der Waals surface area contributed by atoms with Gasteiger partial charge >= 0.3 is 0 Å². The van der Waals surface area contributed by atoms with Gasteiger partial charge in [0.25, 0.3) is 0 Å². The number of nitrogens with one attached hydrogen (secondary N) is 1. The first kappa shape index (κ1) is 11.2. The normalized spacial score (nSPS) is 30.3. The first-order valence-corrected chi connectivity index (χ1v) is 6.69. The van der Waals surface area contributed by atoms with E-state index < -0.39 is 0 Å². The standard InChI is InChI=1S/C14H25N/c1-14(10-6-3-7-11-14)15-12-13-8-4-2-5-9-13/h2,4,13,15H,3,5-12H2,1H3/t13-/m1/s1. The van der Waals surface area contributed by atoms with Crippen LogP contribution in [0.15, 0.2) is 12.2 Å². The molecular formula is C14H25N. The minimum Gasteiger partial charge on any atom is -0.311 e. The summed E-state index contributed by atoms with van der Waals surface area (Å²) >= 11 is 0. The maximum atomic E-state index is 3.83. The Labute approximate surface area is 94.3 Å². The third kappa shape index (κ3) is 3.34. The van der Waals surface area contributed by atoms with Crippen LogP contribution in [-0.2, 0) is 0 Å². The summed E-state index contributed by atoms with van der Waals surface area (Å²) in [5.74, 6) is 0.897. The van der Waals surface area contributed by atoms with Crippen LogP contribution in [0.3, 0.4) is 0 Å². The van der Waals surface area contributed by atoms with Crippen molar-refractivity contribution >= 4 is 0 Å². The first-order valence-electron chi connectivity index (χ1n) is 6.69. The molecule has 0 aromatic heterocycles. The van der Waals surface area contributed by atoms with Crippen LogP contribution >= 0.6 is 0 Å². The molecule has 0 saturated heterocycles. The van der Waals surface area contributed by atoms with Crippen molar-refractivity contribution in [2.24, 2.45) is 5.92 Å².